The van der Waals surface area contributed by atoms with Crippen molar-refractivity contribution in [2.24, 2.45) is 0 Å². The van der Waals surface area contributed by atoms with Crippen LogP contribution in [0.15, 0.2) is 24.3 Å². The molecule has 0 radical (unpaired) electrons. The van der Waals surface area contributed by atoms with Gasteiger partial charge in [-0.3, -0.25) is 9.69 Å². The number of aliphatic hydroxyl groups excluding tert-OH is 1. The Morgan fingerprint density at radius 3 is 2.38 bits per heavy atom. The summed E-state index contributed by atoms with van der Waals surface area (Å²) >= 11 is 5.86. The molecule has 3 rings (SSSR count). The number of benzene rings is 1. The molecule has 1 amide bonds. The molecule has 132 valence electrons. The predicted octanol–water partition coefficient (Wildman–Crippen LogP) is 3.24. The van der Waals surface area contributed by atoms with Crippen molar-refractivity contribution in [2.45, 2.75) is 50.7 Å². The number of halogens is 1. The van der Waals surface area contributed by atoms with E-state index in [2.05, 4.69) is 4.90 Å². The Morgan fingerprint density at radius 2 is 1.75 bits per heavy atom. The maximum Gasteiger partial charge on any atom is 0.222 e. The number of nitrogens with zero attached hydrogens (tertiary/aromatic N) is 2. The lowest BCUT2D eigenvalue weighted by atomic mass is 10.0. The zero-order chi connectivity index (χ0) is 16.9. The predicted molar refractivity (Wildman–Crippen MR) is 96.1 cm³/mol. The average molecular weight is 351 g/mol. The van der Waals surface area contributed by atoms with E-state index in [0.717, 1.165) is 37.8 Å². The highest BCUT2D eigenvalue weighted by atomic mass is 35.5. The SMILES string of the molecule is O=C(CCC(O)c1ccc(Cl)cc1)N1CCN(C2CCCC2)CC1. The van der Waals surface area contributed by atoms with Crippen LogP contribution in [0.4, 0.5) is 0 Å². The number of carbonyl (C=O) groups is 1. The van der Waals surface area contributed by atoms with Crippen molar-refractivity contribution in [3.8, 4) is 0 Å². The second-order valence-electron chi connectivity index (χ2n) is 6.96. The van der Waals surface area contributed by atoms with Crippen LogP contribution >= 0.6 is 11.6 Å². The number of aliphatic hydroxyl groups is 1. The summed E-state index contributed by atoms with van der Waals surface area (Å²) < 4.78 is 0. The molecule has 1 N–H and O–H groups in total. The van der Waals surface area contributed by atoms with Crippen LogP contribution < -0.4 is 0 Å². The molecule has 0 aromatic heterocycles. The smallest absolute Gasteiger partial charge is 0.222 e. The molecular weight excluding hydrogens is 324 g/mol. The summed E-state index contributed by atoms with van der Waals surface area (Å²) in [6.45, 7) is 3.64. The molecule has 1 aliphatic carbocycles. The second-order valence-corrected chi connectivity index (χ2v) is 7.40. The Balaban J connectivity index is 1.41. The molecule has 1 atom stereocenters. The van der Waals surface area contributed by atoms with Crippen molar-refractivity contribution in [3.05, 3.63) is 34.9 Å². The van der Waals surface area contributed by atoms with Crippen LogP contribution in [0, 0.1) is 0 Å². The lowest BCUT2D eigenvalue weighted by Crippen LogP contribution is -2.51. The topological polar surface area (TPSA) is 43.8 Å². The zero-order valence-corrected chi connectivity index (χ0v) is 14.9. The maximum absolute atomic E-state index is 12.4. The van der Waals surface area contributed by atoms with Crippen LogP contribution in [0.25, 0.3) is 0 Å². The van der Waals surface area contributed by atoms with Crippen LogP contribution in [0.1, 0.15) is 50.2 Å². The first-order valence-corrected chi connectivity index (χ1v) is 9.46. The largest absolute Gasteiger partial charge is 0.388 e. The Labute approximate surface area is 149 Å². The van der Waals surface area contributed by atoms with Crippen LogP contribution in [-0.2, 0) is 4.79 Å². The van der Waals surface area contributed by atoms with Gasteiger partial charge in [0.05, 0.1) is 6.10 Å². The van der Waals surface area contributed by atoms with Crippen molar-refractivity contribution in [1.29, 1.82) is 0 Å². The Bertz CT molecular complexity index is 535. The van der Waals surface area contributed by atoms with E-state index < -0.39 is 6.10 Å². The molecule has 0 spiro atoms. The maximum atomic E-state index is 12.4. The molecule has 1 saturated carbocycles. The fourth-order valence-electron chi connectivity index (χ4n) is 3.88. The van der Waals surface area contributed by atoms with Crippen LogP contribution in [0.5, 0.6) is 0 Å². The summed E-state index contributed by atoms with van der Waals surface area (Å²) in [6.07, 6.45) is 5.60. The Hall–Kier alpha value is -1.10. The van der Waals surface area contributed by atoms with E-state index in [4.69, 9.17) is 11.6 Å². The van der Waals surface area contributed by atoms with Gasteiger partial charge in [-0.05, 0) is 37.0 Å². The van der Waals surface area contributed by atoms with Gasteiger partial charge >= 0.3 is 0 Å². The van der Waals surface area contributed by atoms with E-state index in [1.807, 2.05) is 17.0 Å². The fourth-order valence-corrected chi connectivity index (χ4v) is 4.00. The first-order valence-electron chi connectivity index (χ1n) is 9.09. The number of hydrogen-bond acceptors (Lipinski definition) is 3. The minimum Gasteiger partial charge on any atom is -0.388 e. The minimum absolute atomic E-state index is 0.161. The second kappa shape index (κ2) is 8.32. The zero-order valence-electron chi connectivity index (χ0n) is 14.2. The summed E-state index contributed by atoms with van der Waals surface area (Å²) in [4.78, 5) is 16.9. The van der Waals surface area contributed by atoms with Gasteiger partial charge in [-0.15, -0.1) is 0 Å². The van der Waals surface area contributed by atoms with E-state index in [-0.39, 0.29) is 5.91 Å². The number of carbonyl (C=O) groups excluding carboxylic acids is 1. The van der Waals surface area contributed by atoms with E-state index in [9.17, 15) is 9.90 Å². The molecule has 1 unspecified atom stereocenters. The normalized spacial score (nSPS) is 21.2. The lowest BCUT2D eigenvalue weighted by molar-refractivity contribution is -0.133. The molecular formula is C19H27ClN2O2. The van der Waals surface area contributed by atoms with E-state index in [0.29, 0.717) is 17.9 Å². The van der Waals surface area contributed by atoms with Gasteiger partial charge in [0.15, 0.2) is 0 Å². The lowest BCUT2D eigenvalue weighted by Gasteiger charge is -2.38. The molecule has 1 saturated heterocycles. The highest BCUT2D eigenvalue weighted by Crippen LogP contribution is 2.25. The summed E-state index contributed by atoms with van der Waals surface area (Å²) in [5.41, 5.74) is 0.818. The third-order valence-electron chi connectivity index (χ3n) is 5.39. The van der Waals surface area contributed by atoms with Gasteiger partial charge in [-0.2, -0.15) is 0 Å². The first kappa shape index (κ1) is 17.7. The van der Waals surface area contributed by atoms with Gasteiger partial charge in [0.2, 0.25) is 5.91 Å². The summed E-state index contributed by atoms with van der Waals surface area (Å²) in [5, 5.41) is 10.9. The number of amides is 1. The summed E-state index contributed by atoms with van der Waals surface area (Å²) in [6, 6.07) is 7.92. The van der Waals surface area contributed by atoms with E-state index >= 15 is 0 Å². The van der Waals surface area contributed by atoms with Crippen LogP contribution in [0.2, 0.25) is 5.02 Å². The van der Waals surface area contributed by atoms with Gasteiger partial charge in [0, 0.05) is 43.7 Å². The third kappa shape index (κ3) is 4.50. The number of piperazine rings is 1. The monoisotopic (exact) mass is 350 g/mol. The van der Waals surface area contributed by atoms with Crippen molar-refractivity contribution >= 4 is 17.5 Å². The first-order chi connectivity index (χ1) is 11.6. The van der Waals surface area contributed by atoms with Crippen molar-refractivity contribution in [2.75, 3.05) is 26.2 Å². The van der Waals surface area contributed by atoms with Crippen molar-refractivity contribution in [3.63, 3.8) is 0 Å². The summed E-state index contributed by atoms with van der Waals surface area (Å²) in [7, 11) is 0. The molecule has 1 aliphatic heterocycles. The number of hydrogen-bond donors (Lipinski definition) is 1. The van der Waals surface area contributed by atoms with Gasteiger partial charge < -0.3 is 10.0 Å². The van der Waals surface area contributed by atoms with Crippen molar-refractivity contribution in [1.82, 2.24) is 9.80 Å². The van der Waals surface area contributed by atoms with E-state index in [1.54, 1.807) is 12.1 Å². The van der Waals surface area contributed by atoms with Gasteiger partial charge in [0.25, 0.3) is 0 Å². The molecule has 4 nitrogen and oxygen atoms in total. The van der Waals surface area contributed by atoms with Gasteiger partial charge in [-0.1, -0.05) is 36.6 Å². The molecule has 24 heavy (non-hydrogen) atoms. The van der Waals surface area contributed by atoms with Crippen molar-refractivity contribution < 1.29 is 9.90 Å². The highest BCUT2D eigenvalue weighted by molar-refractivity contribution is 6.30. The fraction of sp³-hybridized carbons (Fsp3) is 0.632. The molecule has 1 heterocycles. The molecule has 2 aliphatic rings. The standard InChI is InChI=1S/C19H27ClN2O2/c20-16-7-5-15(6-8-16)18(23)9-10-19(24)22-13-11-21(12-14-22)17-3-1-2-4-17/h5-8,17-18,23H,1-4,9-14H2. The van der Waals surface area contributed by atoms with Crippen LogP contribution in [-0.4, -0.2) is 53.0 Å². The summed E-state index contributed by atoms with van der Waals surface area (Å²) in [5.74, 6) is 0.161. The molecule has 1 aromatic carbocycles. The highest BCUT2D eigenvalue weighted by Gasteiger charge is 2.27. The third-order valence-corrected chi connectivity index (χ3v) is 5.65. The van der Waals surface area contributed by atoms with Crippen LogP contribution in [0.3, 0.4) is 0 Å². The van der Waals surface area contributed by atoms with E-state index in [1.165, 1.54) is 25.7 Å². The Kier molecular flexibility index (Phi) is 6.14. The van der Waals surface area contributed by atoms with Gasteiger partial charge in [0.1, 0.15) is 0 Å². The van der Waals surface area contributed by atoms with Gasteiger partial charge in [-0.25, -0.2) is 0 Å². The average Bonchev–Trinajstić information content (AvgIpc) is 3.15. The molecule has 2 fully saturated rings. The molecule has 5 heteroatoms. The number of rotatable bonds is 5. The quantitative estimate of drug-likeness (QED) is 0.886. The minimum atomic E-state index is -0.606. The molecule has 1 aromatic rings. The molecule has 0 bridgehead atoms. The Morgan fingerprint density at radius 1 is 1.12 bits per heavy atom.